The summed E-state index contributed by atoms with van der Waals surface area (Å²) in [5, 5.41) is 10.9. The minimum absolute atomic E-state index is 0.229. The maximum absolute atomic E-state index is 12.3. The molecule has 0 fully saturated rings. The van der Waals surface area contributed by atoms with Crippen LogP contribution in [0.4, 0.5) is 0 Å². The summed E-state index contributed by atoms with van der Waals surface area (Å²) in [6.45, 7) is 5.42. The van der Waals surface area contributed by atoms with Crippen LogP contribution in [0.2, 0.25) is 0 Å². The summed E-state index contributed by atoms with van der Waals surface area (Å²) in [5.74, 6) is -0.892. The molecule has 5 heteroatoms. The predicted octanol–water partition coefficient (Wildman–Crippen LogP) is 2.37. The maximum Gasteiger partial charge on any atom is 0.339 e. The van der Waals surface area contributed by atoms with Gasteiger partial charge in [-0.1, -0.05) is 12.1 Å². The summed E-state index contributed by atoms with van der Waals surface area (Å²) < 4.78 is 5.73. The largest absolute Gasteiger partial charge is 0.619 e. The predicted molar refractivity (Wildman–Crippen MR) is 80.5 cm³/mol. The smallest absolute Gasteiger partial charge is 0.339 e. The van der Waals surface area contributed by atoms with Crippen LogP contribution in [0.15, 0.2) is 42.7 Å². The second-order valence-corrected chi connectivity index (χ2v) is 5.16. The van der Waals surface area contributed by atoms with E-state index in [4.69, 9.17) is 4.74 Å². The molecule has 1 aromatic carbocycles. The number of aromatic nitrogens is 1. The molecular formula is C17H17NO4. The summed E-state index contributed by atoms with van der Waals surface area (Å²) in [5.41, 5.74) is 2.84. The number of rotatable bonds is 4. The fourth-order valence-corrected chi connectivity index (χ4v) is 1.96. The Morgan fingerprint density at radius 3 is 2.27 bits per heavy atom. The number of hydrogen-bond donors (Lipinski definition) is 0. The Morgan fingerprint density at radius 1 is 1.05 bits per heavy atom. The molecule has 0 bridgehead atoms. The van der Waals surface area contributed by atoms with Gasteiger partial charge < -0.3 is 9.94 Å². The van der Waals surface area contributed by atoms with Crippen LogP contribution in [0.1, 0.15) is 38.8 Å². The van der Waals surface area contributed by atoms with Gasteiger partial charge in [0.25, 0.3) is 0 Å². The molecule has 2 rings (SSSR count). The molecule has 0 aliphatic rings. The van der Waals surface area contributed by atoms with Gasteiger partial charge in [0.05, 0.1) is 5.56 Å². The third-order valence-corrected chi connectivity index (χ3v) is 3.48. The third-order valence-electron chi connectivity index (χ3n) is 3.48. The highest BCUT2D eigenvalue weighted by Crippen LogP contribution is 2.13. The van der Waals surface area contributed by atoms with Gasteiger partial charge in [-0.25, -0.2) is 4.79 Å². The SMILES string of the molecule is Cc1ccc(C(=O)[C@@H](C)OC(=O)c2cc[n+]([O-])cc2)cc1C. The molecule has 22 heavy (non-hydrogen) atoms. The molecule has 0 saturated heterocycles. The topological polar surface area (TPSA) is 70.3 Å². The molecule has 2 aromatic rings. The fraction of sp³-hybridized carbons (Fsp3) is 0.235. The van der Waals surface area contributed by atoms with E-state index in [0.717, 1.165) is 11.1 Å². The first-order valence-electron chi connectivity index (χ1n) is 6.90. The number of aryl methyl sites for hydroxylation is 2. The number of ketones is 1. The van der Waals surface area contributed by atoms with Crippen molar-refractivity contribution in [3.63, 3.8) is 0 Å². The molecule has 0 aliphatic carbocycles. The van der Waals surface area contributed by atoms with Crippen LogP contribution < -0.4 is 4.73 Å². The number of nitrogens with zero attached hydrogens (tertiary/aromatic N) is 1. The van der Waals surface area contributed by atoms with E-state index in [-0.39, 0.29) is 11.3 Å². The monoisotopic (exact) mass is 299 g/mol. The van der Waals surface area contributed by atoms with Crippen molar-refractivity contribution in [3.8, 4) is 0 Å². The summed E-state index contributed by atoms with van der Waals surface area (Å²) in [7, 11) is 0. The van der Waals surface area contributed by atoms with Crippen LogP contribution in [0.25, 0.3) is 0 Å². The Bertz CT molecular complexity index is 707. The Labute approximate surface area is 128 Å². The van der Waals surface area contributed by atoms with Crippen molar-refractivity contribution in [2.45, 2.75) is 26.9 Å². The number of pyridine rings is 1. The van der Waals surface area contributed by atoms with Gasteiger partial charge in [-0.2, -0.15) is 4.73 Å². The van der Waals surface area contributed by atoms with Crippen LogP contribution in [0.5, 0.6) is 0 Å². The molecular weight excluding hydrogens is 282 g/mol. The lowest BCUT2D eigenvalue weighted by Gasteiger charge is -2.13. The highest BCUT2D eigenvalue weighted by Gasteiger charge is 2.21. The molecule has 0 N–H and O–H groups in total. The molecule has 5 nitrogen and oxygen atoms in total. The van der Waals surface area contributed by atoms with Gasteiger partial charge in [0.1, 0.15) is 0 Å². The maximum atomic E-state index is 12.3. The first-order valence-corrected chi connectivity index (χ1v) is 6.90. The number of ether oxygens (including phenoxy) is 1. The van der Waals surface area contributed by atoms with Gasteiger partial charge >= 0.3 is 5.97 Å². The standard InChI is InChI=1S/C17H17NO4/c1-11-4-5-15(10-12(11)2)16(19)13(3)22-17(20)14-6-8-18(21)9-7-14/h4-10,13H,1-3H3/t13-/m1/s1. The highest BCUT2D eigenvalue weighted by molar-refractivity contribution is 6.01. The summed E-state index contributed by atoms with van der Waals surface area (Å²) >= 11 is 0. The number of benzene rings is 1. The average Bonchev–Trinajstić information content (AvgIpc) is 2.49. The Hall–Kier alpha value is -2.69. The molecule has 1 atom stereocenters. The Balaban J connectivity index is 2.09. The molecule has 0 saturated carbocycles. The van der Waals surface area contributed by atoms with Gasteiger partial charge in [-0.15, -0.1) is 0 Å². The zero-order valence-corrected chi connectivity index (χ0v) is 12.7. The van der Waals surface area contributed by atoms with Crippen LogP contribution in [-0.2, 0) is 4.74 Å². The Kier molecular flexibility index (Phi) is 4.56. The third kappa shape index (κ3) is 3.49. The van der Waals surface area contributed by atoms with Crippen molar-refractivity contribution < 1.29 is 19.1 Å². The van der Waals surface area contributed by atoms with Crippen LogP contribution in [-0.4, -0.2) is 17.9 Å². The second kappa shape index (κ2) is 6.39. The van der Waals surface area contributed by atoms with E-state index in [1.807, 2.05) is 19.9 Å². The zero-order chi connectivity index (χ0) is 16.3. The molecule has 0 spiro atoms. The van der Waals surface area contributed by atoms with Crippen LogP contribution in [0, 0.1) is 19.1 Å². The van der Waals surface area contributed by atoms with E-state index in [2.05, 4.69) is 0 Å². The van der Waals surface area contributed by atoms with Crippen LogP contribution >= 0.6 is 0 Å². The summed E-state index contributed by atoms with van der Waals surface area (Å²) in [6.07, 6.45) is 1.51. The number of Topliss-reactive ketones (excluding diaryl/α,β-unsaturated/α-hetero) is 1. The highest BCUT2D eigenvalue weighted by atomic mass is 16.5. The number of carbonyl (C=O) groups excluding carboxylic acids is 2. The molecule has 1 heterocycles. The van der Waals surface area contributed by atoms with Crippen molar-refractivity contribution >= 4 is 11.8 Å². The summed E-state index contributed by atoms with van der Waals surface area (Å²) in [4.78, 5) is 24.2. The fourth-order valence-electron chi connectivity index (χ4n) is 1.96. The number of esters is 1. The van der Waals surface area contributed by atoms with Gasteiger partial charge in [-0.05, 0) is 38.0 Å². The van der Waals surface area contributed by atoms with Crippen molar-refractivity contribution in [3.05, 3.63) is 70.2 Å². The van der Waals surface area contributed by atoms with Crippen molar-refractivity contribution in [2.24, 2.45) is 0 Å². The molecule has 0 radical (unpaired) electrons. The normalized spacial score (nSPS) is 11.8. The van der Waals surface area contributed by atoms with Crippen LogP contribution in [0.3, 0.4) is 0 Å². The molecule has 114 valence electrons. The summed E-state index contributed by atoms with van der Waals surface area (Å²) in [6, 6.07) is 8.06. The molecule has 1 aromatic heterocycles. The molecule has 0 amide bonds. The quantitative estimate of drug-likeness (QED) is 0.376. The van der Waals surface area contributed by atoms with Gasteiger partial charge in [0.2, 0.25) is 5.78 Å². The molecule has 0 unspecified atom stereocenters. The number of carbonyl (C=O) groups is 2. The van der Waals surface area contributed by atoms with Crippen molar-refractivity contribution in [1.29, 1.82) is 0 Å². The minimum Gasteiger partial charge on any atom is -0.619 e. The molecule has 0 aliphatic heterocycles. The van der Waals surface area contributed by atoms with E-state index in [1.54, 1.807) is 12.1 Å². The Morgan fingerprint density at radius 2 is 1.68 bits per heavy atom. The van der Waals surface area contributed by atoms with E-state index in [9.17, 15) is 14.8 Å². The van der Waals surface area contributed by atoms with E-state index < -0.39 is 12.1 Å². The first-order chi connectivity index (χ1) is 10.4. The number of hydrogen-bond acceptors (Lipinski definition) is 4. The minimum atomic E-state index is -0.894. The lowest BCUT2D eigenvalue weighted by molar-refractivity contribution is -0.605. The second-order valence-electron chi connectivity index (χ2n) is 5.16. The van der Waals surface area contributed by atoms with Crippen molar-refractivity contribution in [1.82, 2.24) is 0 Å². The lowest BCUT2D eigenvalue weighted by Crippen LogP contribution is -2.27. The zero-order valence-electron chi connectivity index (χ0n) is 12.7. The van der Waals surface area contributed by atoms with E-state index >= 15 is 0 Å². The van der Waals surface area contributed by atoms with E-state index in [0.29, 0.717) is 10.3 Å². The van der Waals surface area contributed by atoms with Gasteiger partial charge in [-0.3, -0.25) is 4.79 Å². The lowest BCUT2D eigenvalue weighted by atomic mass is 10.0. The average molecular weight is 299 g/mol. The van der Waals surface area contributed by atoms with Gasteiger partial charge in [0.15, 0.2) is 18.5 Å². The van der Waals surface area contributed by atoms with E-state index in [1.165, 1.54) is 31.5 Å². The van der Waals surface area contributed by atoms with Crippen molar-refractivity contribution in [2.75, 3.05) is 0 Å². The van der Waals surface area contributed by atoms with Gasteiger partial charge in [0, 0.05) is 17.7 Å². The first kappa shape index (κ1) is 15.7.